The van der Waals surface area contributed by atoms with Crippen LogP contribution in [-0.2, 0) is 14.8 Å². The molecule has 0 radical (unpaired) electrons. The van der Waals surface area contributed by atoms with E-state index in [0.29, 0.717) is 37.6 Å². The Morgan fingerprint density at radius 2 is 1.89 bits per heavy atom. The van der Waals surface area contributed by atoms with Crippen molar-refractivity contribution < 1.29 is 17.9 Å². The molecule has 1 heterocycles. The van der Waals surface area contributed by atoms with Gasteiger partial charge in [0.1, 0.15) is 10.1 Å². The van der Waals surface area contributed by atoms with E-state index < -0.39 is 19.8 Å². The van der Waals surface area contributed by atoms with Crippen molar-refractivity contribution in [3.8, 4) is 5.75 Å². The average molecular weight is 435 g/mol. The van der Waals surface area contributed by atoms with Crippen molar-refractivity contribution in [2.24, 2.45) is 5.41 Å². The maximum absolute atomic E-state index is 12.9. The molecule has 1 aromatic carbocycles. The van der Waals surface area contributed by atoms with Crippen molar-refractivity contribution in [3.63, 3.8) is 0 Å². The molecule has 27 heavy (non-hydrogen) atoms. The molecule has 0 aromatic heterocycles. The number of rotatable bonds is 6. The van der Waals surface area contributed by atoms with Gasteiger partial charge in [0.15, 0.2) is 0 Å². The molecule has 1 aliphatic carbocycles. The highest BCUT2D eigenvalue weighted by atomic mass is 35.5. The van der Waals surface area contributed by atoms with E-state index in [-0.39, 0.29) is 10.8 Å². The largest absolute Gasteiger partial charge is 0.492 e. The third kappa shape index (κ3) is 3.92. The van der Waals surface area contributed by atoms with E-state index >= 15 is 0 Å². The fourth-order valence-corrected chi connectivity index (χ4v) is 5.46. The second kappa shape index (κ2) is 7.43. The van der Waals surface area contributed by atoms with Crippen molar-refractivity contribution in [1.82, 2.24) is 4.31 Å². The molecule has 1 N–H and O–H groups in total. The summed E-state index contributed by atoms with van der Waals surface area (Å²) in [6.45, 7) is 4.89. The lowest BCUT2D eigenvalue weighted by Crippen LogP contribution is -2.35. The van der Waals surface area contributed by atoms with Gasteiger partial charge in [-0.1, -0.05) is 6.42 Å². The van der Waals surface area contributed by atoms with Crippen LogP contribution in [0.3, 0.4) is 0 Å². The number of sulfonamides is 1. The predicted octanol–water partition coefficient (Wildman–Crippen LogP) is 3.78. The van der Waals surface area contributed by atoms with Gasteiger partial charge in [0.2, 0.25) is 15.9 Å². The highest BCUT2D eigenvalue weighted by Gasteiger charge is 2.68. The normalized spacial score (nSPS) is 25.0. The average Bonchev–Trinajstić information content (AvgIpc) is 3.16. The van der Waals surface area contributed by atoms with Crippen LogP contribution >= 0.6 is 23.2 Å². The van der Waals surface area contributed by atoms with Crippen LogP contribution in [0.4, 0.5) is 5.69 Å². The van der Waals surface area contributed by atoms with Gasteiger partial charge in [-0.2, -0.15) is 4.31 Å². The molecule has 0 bridgehead atoms. The van der Waals surface area contributed by atoms with Crippen LogP contribution < -0.4 is 10.1 Å². The number of alkyl halides is 2. The minimum absolute atomic E-state index is 0.132. The molecule has 150 valence electrons. The molecule has 9 heteroatoms. The lowest BCUT2D eigenvalue weighted by molar-refractivity contribution is -0.120. The molecule has 2 aliphatic rings. The van der Waals surface area contributed by atoms with Crippen LogP contribution in [0.15, 0.2) is 23.1 Å². The Labute approximate surface area is 170 Å². The molecule has 2 fully saturated rings. The van der Waals surface area contributed by atoms with Gasteiger partial charge < -0.3 is 10.1 Å². The molecule has 1 saturated carbocycles. The molecule has 0 spiro atoms. The first-order valence-corrected chi connectivity index (χ1v) is 11.3. The number of hydrogen-bond donors (Lipinski definition) is 1. The summed E-state index contributed by atoms with van der Waals surface area (Å²) < 4.78 is 31.8. The number of halogens is 2. The number of anilines is 1. The van der Waals surface area contributed by atoms with Crippen LogP contribution in [0.1, 0.15) is 39.5 Å². The third-order valence-corrected chi connectivity index (χ3v) is 8.21. The number of benzene rings is 1. The Morgan fingerprint density at radius 3 is 2.44 bits per heavy atom. The summed E-state index contributed by atoms with van der Waals surface area (Å²) in [7, 11) is -3.62. The Bertz CT molecular complexity index is 838. The van der Waals surface area contributed by atoms with Gasteiger partial charge >= 0.3 is 0 Å². The molecule has 1 atom stereocenters. The van der Waals surface area contributed by atoms with Crippen molar-refractivity contribution in [2.45, 2.75) is 48.8 Å². The summed E-state index contributed by atoms with van der Waals surface area (Å²) in [5.41, 5.74) is -0.612. The zero-order valence-electron chi connectivity index (χ0n) is 15.4. The van der Waals surface area contributed by atoms with Gasteiger partial charge in [-0.3, -0.25) is 4.79 Å². The minimum Gasteiger partial charge on any atom is -0.492 e. The standard InChI is InChI=1S/C18H24Cl2N2O4S/c1-3-26-15-8-7-13(27(24,25)22-9-5-4-6-10-22)11-14(15)21-16(23)17(2)12-18(17,19)20/h7-8,11H,3-6,9-10,12H2,1-2H3,(H,21,23). The predicted molar refractivity (Wildman–Crippen MR) is 106 cm³/mol. The number of nitrogens with zero attached hydrogens (tertiary/aromatic N) is 1. The number of carbonyl (C=O) groups excluding carboxylic acids is 1. The summed E-state index contributed by atoms with van der Waals surface area (Å²) in [5.74, 6) is 0.0448. The first-order valence-electron chi connectivity index (χ1n) is 9.08. The zero-order chi connectivity index (χ0) is 19.9. The molecule has 1 aromatic rings. The Balaban J connectivity index is 1.90. The maximum atomic E-state index is 12.9. The summed E-state index contributed by atoms with van der Waals surface area (Å²) in [5, 5.41) is 2.75. The highest BCUT2D eigenvalue weighted by Crippen LogP contribution is 2.64. The van der Waals surface area contributed by atoms with Crippen molar-refractivity contribution in [1.29, 1.82) is 0 Å². The van der Waals surface area contributed by atoms with Gasteiger partial charge in [0.05, 0.1) is 22.6 Å². The van der Waals surface area contributed by atoms with E-state index in [1.165, 1.54) is 16.4 Å². The van der Waals surface area contributed by atoms with E-state index in [2.05, 4.69) is 5.32 Å². The maximum Gasteiger partial charge on any atom is 0.243 e. The topological polar surface area (TPSA) is 75.7 Å². The van der Waals surface area contributed by atoms with E-state index in [1.807, 2.05) is 6.92 Å². The summed E-state index contributed by atoms with van der Waals surface area (Å²) in [4.78, 5) is 12.8. The molecular formula is C18H24Cl2N2O4S. The molecular weight excluding hydrogens is 411 g/mol. The van der Waals surface area contributed by atoms with Crippen molar-refractivity contribution in [2.75, 3.05) is 25.0 Å². The molecule has 1 aliphatic heterocycles. The first kappa shape index (κ1) is 20.7. The van der Waals surface area contributed by atoms with Gasteiger partial charge in [0, 0.05) is 13.1 Å². The van der Waals surface area contributed by atoms with Crippen LogP contribution in [-0.4, -0.2) is 42.7 Å². The molecule has 1 saturated heterocycles. The van der Waals surface area contributed by atoms with E-state index in [0.717, 1.165) is 19.3 Å². The van der Waals surface area contributed by atoms with Crippen LogP contribution in [0.25, 0.3) is 0 Å². The van der Waals surface area contributed by atoms with Crippen molar-refractivity contribution >= 4 is 44.8 Å². The molecule has 3 rings (SSSR count). The fourth-order valence-electron chi connectivity index (χ4n) is 3.21. The van der Waals surface area contributed by atoms with Gasteiger partial charge in [-0.05, 0) is 51.3 Å². The van der Waals surface area contributed by atoms with Gasteiger partial charge in [-0.25, -0.2) is 8.42 Å². The Hall–Kier alpha value is -1.02. The van der Waals surface area contributed by atoms with Gasteiger partial charge in [-0.15, -0.1) is 23.2 Å². The van der Waals surface area contributed by atoms with E-state index in [1.54, 1.807) is 13.0 Å². The summed E-state index contributed by atoms with van der Waals surface area (Å²) >= 11 is 12.2. The van der Waals surface area contributed by atoms with Crippen LogP contribution in [0, 0.1) is 5.41 Å². The number of carbonyl (C=O) groups is 1. The third-order valence-electron chi connectivity index (χ3n) is 5.21. The summed E-state index contributed by atoms with van der Waals surface area (Å²) in [6.07, 6.45) is 3.08. The molecule has 1 amide bonds. The lowest BCUT2D eigenvalue weighted by atomic mass is 10.1. The smallest absolute Gasteiger partial charge is 0.243 e. The Morgan fingerprint density at radius 1 is 1.26 bits per heavy atom. The minimum atomic E-state index is -3.62. The van der Waals surface area contributed by atoms with E-state index in [4.69, 9.17) is 27.9 Å². The number of ether oxygens (including phenoxy) is 1. The molecule has 1 unspecified atom stereocenters. The van der Waals surface area contributed by atoms with Gasteiger partial charge in [0.25, 0.3) is 0 Å². The zero-order valence-corrected chi connectivity index (χ0v) is 17.8. The highest BCUT2D eigenvalue weighted by molar-refractivity contribution is 7.89. The SMILES string of the molecule is CCOc1ccc(S(=O)(=O)N2CCCCC2)cc1NC(=O)C1(C)CC1(Cl)Cl. The van der Waals surface area contributed by atoms with Crippen molar-refractivity contribution in [3.05, 3.63) is 18.2 Å². The number of amides is 1. The van der Waals surface area contributed by atoms with E-state index in [9.17, 15) is 13.2 Å². The lowest BCUT2D eigenvalue weighted by Gasteiger charge is -2.26. The second-order valence-corrected chi connectivity index (χ2v) is 10.6. The summed E-state index contributed by atoms with van der Waals surface area (Å²) in [6, 6.07) is 4.53. The fraction of sp³-hybridized carbons (Fsp3) is 0.611. The Kier molecular flexibility index (Phi) is 5.70. The van der Waals surface area contributed by atoms with Crippen LogP contribution in [0.2, 0.25) is 0 Å². The first-order chi connectivity index (χ1) is 12.6. The number of nitrogens with one attached hydrogen (secondary N) is 1. The number of piperidine rings is 1. The second-order valence-electron chi connectivity index (χ2n) is 7.22. The van der Waals surface area contributed by atoms with Crippen LogP contribution in [0.5, 0.6) is 5.75 Å². The number of hydrogen-bond acceptors (Lipinski definition) is 4. The monoisotopic (exact) mass is 434 g/mol. The molecule has 6 nitrogen and oxygen atoms in total. The quantitative estimate of drug-likeness (QED) is 0.690.